The van der Waals surface area contributed by atoms with E-state index in [1.54, 1.807) is 6.33 Å². The molecule has 1 fully saturated rings. The Bertz CT molecular complexity index is 374. The number of nitrogens with zero attached hydrogens (tertiary/aromatic N) is 2. The van der Waals surface area contributed by atoms with Gasteiger partial charge in [-0.15, -0.1) is 0 Å². The lowest BCUT2D eigenvalue weighted by Crippen LogP contribution is -2.36. The summed E-state index contributed by atoms with van der Waals surface area (Å²) in [5, 5.41) is 3.52. The van der Waals surface area contributed by atoms with Crippen molar-refractivity contribution in [3.05, 3.63) is 18.2 Å². The Morgan fingerprint density at radius 1 is 1.69 bits per heavy atom. The van der Waals surface area contributed by atoms with E-state index in [9.17, 15) is 4.79 Å². The van der Waals surface area contributed by atoms with Crippen molar-refractivity contribution in [3.63, 3.8) is 0 Å². The van der Waals surface area contributed by atoms with Gasteiger partial charge in [0.1, 0.15) is 6.54 Å². The van der Waals surface area contributed by atoms with E-state index in [1.807, 2.05) is 10.8 Å². The highest BCUT2D eigenvalue weighted by Gasteiger charge is 2.22. The fourth-order valence-corrected chi connectivity index (χ4v) is 2.29. The zero-order valence-corrected chi connectivity index (χ0v) is 9.52. The van der Waals surface area contributed by atoms with Gasteiger partial charge in [-0.05, 0) is 26.2 Å². The molecule has 1 amide bonds. The lowest BCUT2D eigenvalue weighted by molar-refractivity contribution is -0.118. The van der Waals surface area contributed by atoms with Crippen molar-refractivity contribution in [1.82, 2.24) is 14.9 Å². The van der Waals surface area contributed by atoms with Crippen molar-refractivity contribution in [3.8, 4) is 0 Å². The first-order chi connectivity index (χ1) is 7.66. The van der Waals surface area contributed by atoms with Crippen LogP contribution in [0.1, 0.15) is 37.9 Å². The summed E-state index contributed by atoms with van der Waals surface area (Å²) in [6.45, 7) is 2.39. The lowest BCUT2D eigenvalue weighted by atomic mass is 9.97. The van der Waals surface area contributed by atoms with Gasteiger partial charge in [0.2, 0.25) is 5.91 Å². The Hall–Kier alpha value is -1.36. The number of imidazole rings is 1. The molecule has 88 valence electrons. The first-order valence-electron chi connectivity index (χ1n) is 5.71. The van der Waals surface area contributed by atoms with Gasteiger partial charge in [0.05, 0.1) is 12.0 Å². The molecule has 0 radical (unpaired) electrons. The maximum absolute atomic E-state index is 10.9. The predicted octanol–water partition coefficient (Wildman–Crippen LogP) is 0.572. The SMILES string of the molecule is CC1CCCC(c2cncn2CC(N)=O)N1. The van der Waals surface area contributed by atoms with Gasteiger partial charge in [-0.25, -0.2) is 4.98 Å². The third kappa shape index (κ3) is 2.41. The molecule has 5 nitrogen and oxygen atoms in total. The number of carbonyl (C=O) groups excluding carboxylic acids is 1. The quantitative estimate of drug-likeness (QED) is 0.785. The van der Waals surface area contributed by atoms with Crippen molar-refractivity contribution in [1.29, 1.82) is 0 Å². The average Bonchev–Trinajstić information content (AvgIpc) is 2.65. The largest absolute Gasteiger partial charge is 0.368 e. The molecule has 3 N–H and O–H groups in total. The van der Waals surface area contributed by atoms with Crippen LogP contribution in [0.15, 0.2) is 12.5 Å². The predicted molar refractivity (Wildman–Crippen MR) is 60.6 cm³/mol. The molecule has 0 bridgehead atoms. The highest BCUT2D eigenvalue weighted by Crippen LogP contribution is 2.25. The van der Waals surface area contributed by atoms with Crippen LogP contribution in [0.2, 0.25) is 0 Å². The summed E-state index contributed by atoms with van der Waals surface area (Å²) >= 11 is 0. The summed E-state index contributed by atoms with van der Waals surface area (Å²) < 4.78 is 1.83. The van der Waals surface area contributed by atoms with Crippen molar-refractivity contribution in [2.75, 3.05) is 0 Å². The molecule has 2 atom stereocenters. The number of nitrogens with two attached hydrogens (primary N) is 1. The van der Waals surface area contributed by atoms with E-state index < -0.39 is 0 Å². The second-order valence-corrected chi connectivity index (χ2v) is 4.46. The van der Waals surface area contributed by atoms with Gasteiger partial charge in [-0.3, -0.25) is 4.79 Å². The summed E-state index contributed by atoms with van der Waals surface area (Å²) in [5.41, 5.74) is 6.26. The molecule has 1 aliphatic rings. The van der Waals surface area contributed by atoms with E-state index in [0.717, 1.165) is 12.1 Å². The molecule has 0 aliphatic carbocycles. The molecule has 1 saturated heterocycles. The van der Waals surface area contributed by atoms with Gasteiger partial charge >= 0.3 is 0 Å². The van der Waals surface area contributed by atoms with Gasteiger partial charge in [-0.1, -0.05) is 0 Å². The molecule has 16 heavy (non-hydrogen) atoms. The van der Waals surface area contributed by atoms with Crippen LogP contribution in [0, 0.1) is 0 Å². The molecule has 2 rings (SSSR count). The van der Waals surface area contributed by atoms with Crippen LogP contribution < -0.4 is 11.1 Å². The maximum Gasteiger partial charge on any atom is 0.237 e. The van der Waals surface area contributed by atoms with Crippen molar-refractivity contribution < 1.29 is 4.79 Å². The number of carbonyl (C=O) groups is 1. The molecule has 2 heterocycles. The second-order valence-electron chi connectivity index (χ2n) is 4.46. The highest BCUT2D eigenvalue weighted by molar-refractivity contribution is 5.73. The fourth-order valence-electron chi connectivity index (χ4n) is 2.29. The standard InChI is InChI=1S/C11H18N4O/c1-8-3-2-4-9(14-8)10-5-13-7-15(10)6-11(12)16/h5,7-9,14H,2-4,6H2,1H3,(H2,12,16). The molecule has 5 heteroatoms. The van der Waals surface area contributed by atoms with Crippen molar-refractivity contribution in [2.24, 2.45) is 5.73 Å². The van der Waals surface area contributed by atoms with Crippen LogP contribution in [-0.4, -0.2) is 21.5 Å². The second kappa shape index (κ2) is 4.65. The van der Waals surface area contributed by atoms with Crippen LogP contribution in [0.3, 0.4) is 0 Å². The smallest absolute Gasteiger partial charge is 0.237 e. The summed E-state index contributed by atoms with van der Waals surface area (Å²) in [7, 11) is 0. The number of primary amides is 1. The number of piperidine rings is 1. The molecule has 0 spiro atoms. The number of aromatic nitrogens is 2. The van der Waals surface area contributed by atoms with Crippen LogP contribution in [0.4, 0.5) is 0 Å². The average molecular weight is 222 g/mol. The van der Waals surface area contributed by atoms with E-state index in [4.69, 9.17) is 5.73 Å². The number of amides is 1. The van der Waals surface area contributed by atoms with Gasteiger partial charge < -0.3 is 15.6 Å². The van der Waals surface area contributed by atoms with E-state index >= 15 is 0 Å². The molecule has 1 aliphatic heterocycles. The molecule has 1 aromatic rings. The molecule has 2 unspecified atom stereocenters. The zero-order chi connectivity index (χ0) is 11.5. The summed E-state index contributed by atoms with van der Waals surface area (Å²) in [5.74, 6) is -0.330. The first kappa shape index (κ1) is 11.1. The Labute approximate surface area is 95.0 Å². The Balaban J connectivity index is 2.13. The van der Waals surface area contributed by atoms with E-state index in [-0.39, 0.29) is 12.5 Å². The maximum atomic E-state index is 10.9. The van der Waals surface area contributed by atoms with Gasteiger partial charge in [0.15, 0.2) is 0 Å². The van der Waals surface area contributed by atoms with Crippen molar-refractivity contribution >= 4 is 5.91 Å². The first-order valence-corrected chi connectivity index (χ1v) is 5.71. The van der Waals surface area contributed by atoms with Gasteiger partial charge in [-0.2, -0.15) is 0 Å². The zero-order valence-electron chi connectivity index (χ0n) is 9.52. The summed E-state index contributed by atoms with van der Waals surface area (Å²) in [6.07, 6.45) is 7.00. The van der Waals surface area contributed by atoms with E-state index in [1.165, 1.54) is 12.8 Å². The third-order valence-electron chi connectivity index (χ3n) is 3.04. The number of nitrogens with one attached hydrogen (secondary N) is 1. The van der Waals surface area contributed by atoms with Gasteiger partial charge in [0, 0.05) is 18.3 Å². The summed E-state index contributed by atoms with van der Waals surface area (Å²) in [4.78, 5) is 15.0. The number of hydrogen-bond donors (Lipinski definition) is 2. The normalized spacial score (nSPS) is 25.6. The number of rotatable bonds is 3. The molecule has 0 saturated carbocycles. The number of hydrogen-bond acceptors (Lipinski definition) is 3. The van der Waals surface area contributed by atoms with Crippen LogP contribution >= 0.6 is 0 Å². The highest BCUT2D eigenvalue weighted by atomic mass is 16.1. The molecule has 1 aromatic heterocycles. The molecule has 0 aromatic carbocycles. The van der Waals surface area contributed by atoms with Crippen LogP contribution in [-0.2, 0) is 11.3 Å². The lowest BCUT2D eigenvalue weighted by Gasteiger charge is -2.29. The van der Waals surface area contributed by atoms with Crippen LogP contribution in [0.5, 0.6) is 0 Å². The van der Waals surface area contributed by atoms with Crippen molar-refractivity contribution in [2.45, 2.75) is 44.8 Å². The van der Waals surface area contributed by atoms with Crippen LogP contribution in [0.25, 0.3) is 0 Å². The molecular formula is C11H18N4O. The molecular weight excluding hydrogens is 204 g/mol. The minimum absolute atomic E-state index is 0.210. The Morgan fingerprint density at radius 3 is 3.19 bits per heavy atom. The van der Waals surface area contributed by atoms with Gasteiger partial charge in [0.25, 0.3) is 0 Å². The summed E-state index contributed by atoms with van der Waals surface area (Å²) in [6, 6.07) is 0.821. The third-order valence-corrected chi connectivity index (χ3v) is 3.04. The van der Waals surface area contributed by atoms with E-state index in [0.29, 0.717) is 12.1 Å². The fraction of sp³-hybridized carbons (Fsp3) is 0.636. The Kier molecular flexibility index (Phi) is 3.24. The minimum Gasteiger partial charge on any atom is -0.368 e. The monoisotopic (exact) mass is 222 g/mol. The van der Waals surface area contributed by atoms with E-state index in [2.05, 4.69) is 17.2 Å². The minimum atomic E-state index is -0.330. The Morgan fingerprint density at radius 2 is 2.50 bits per heavy atom. The topological polar surface area (TPSA) is 72.9 Å².